The van der Waals surface area contributed by atoms with Gasteiger partial charge in [-0.25, -0.2) is 4.39 Å². The molecule has 0 amide bonds. The normalized spacial score (nSPS) is 11.1. The Morgan fingerprint density at radius 1 is 1.38 bits per heavy atom. The quantitative estimate of drug-likeness (QED) is 0.416. The summed E-state index contributed by atoms with van der Waals surface area (Å²) in [7, 11) is 5.66. The Morgan fingerprint density at radius 2 is 2.08 bits per heavy atom. The van der Waals surface area contributed by atoms with E-state index >= 15 is 0 Å². The van der Waals surface area contributed by atoms with Crippen molar-refractivity contribution in [1.82, 2.24) is 14.8 Å². The molecule has 0 spiro atoms. The molecule has 0 radical (unpaired) electrons. The summed E-state index contributed by atoms with van der Waals surface area (Å²) in [4.78, 5) is 6.28. The fourth-order valence-corrected chi connectivity index (χ4v) is 2.71. The van der Waals surface area contributed by atoms with E-state index in [1.165, 1.54) is 6.07 Å². The summed E-state index contributed by atoms with van der Waals surface area (Å²) < 4.78 is 15.6. The molecule has 2 aromatic rings. The highest BCUT2D eigenvalue weighted by Gasteiger charge is 2.10. The molecule has 0 aliphatic rings. The fourth-order valence-electron chi connectivity index (χ4n) is 2.44. The minimum atomic E-state index is -0.170. The van der Waals surface area contributed by atoms with Crippen molar-refractivity contribution in [2.24, 2.45) is 12.0 Å². The maximum absolute atomic E-state index is 13.6. The molecule has 0 bridgehead atoms. The van der Waals surface area contributed by atoms with Crippen molar-refractivity contribution < 1.29 is 4.39 Å². The van der Waals surface area contributed by atoms with Crippen LogP contribution in [0.3, 0.4) is 0 Å². The zero-order valence-electron chi connectivity index (χ0n) is 14.1. The number of aliphatic imine (C=N–C) groups is 1. The van der Waals surface area contributed by atoms with Gasteiger partial charge in [0.25, 0.3) is 0 Å². The summed E-state index contributed by atoms with van der Waals surface area (Å²) in [5.41, 5.74) is 1.79. The van der Waals surface area contributed by atoms with Crippen molar-refractivity contribution in [3.8, 4) is 0 Å². The van der Waals surface area contributed by atoms with Gasteiger partial charge in [-0.05, 0) is 24.1 Å². The van der Waals surface area contributed by atoms with Gasteiger partial charge in [-0.1, -0.05) is 29.8 Å². The fraction of sp³-hybridized carbons (Fsp3) is 0.353. The third-order valence-corrected chi connectivity index (χ3v) is 3.89. The predicted molar refractivity (Wildman–Crippen MR) is 109 cm³/mol. The lowest BCUT2D eigenvalue weighted by Gasteiger charge is -2.22. The summed E-state index contributed by atoms with van der Waals surface area (Å²) in [5, 5.41) is 3.98. The number of hydrogen-bond donors (Lipinski definition) is 1. The van der Waals surface area contributed by atoms with Crippen molar-refractivity contribution in [2.45, 2.75) is 13.0 Å². The van der Waals surface area contributed by atoms with E-state index in [1.807, 2.05) is 41.9 Å². The van der Waals surface area contributed by atoms with E-state index in [2.05, 4.69) is 10.3 Å². The van der Waals surface area contributed by atoms with Crippen molar-refractivity contribution in [3.05, 3.63) is 58.6 Å². The first-order chi connectivity index (χ1) is 11.0. The zero-order chi connectivity index (χ0) is 16.8. The second-order valence-electron chi connectivity index (χ2n) is 5.43. The first-order valence-electron chi connectivity index (χ1n) is 7.47. The lowest BCUT2D eigenvalue weighted by atomic mass is 10.1. The molecule has 1 heterocycles. The van der Waals surface area contributed by atoms with E-state index in [4.69, 9.17) is 11.6 Å². The Kier molecular flexibility index (Phi) is 8.55. The monoisotopic (exact) mass is 464 g/mol. The highest BCUT2D eigenvalue weighted by molar-refractivity contribution is 14.0. The molecule has 0 unspecified atom stereocenters. The van der Waals surface area contributed by atoms with Crippen molar-refractivity contribution in [2.75, 3.05) is 20.6 Å². The average molecular weight is 465 g/mol. The summed E-state index contributed by atoms with van der Waals surface area (Å²) in [5.74, 6) is 0.592. The Morgan fingerprint density at radius 3 is 2.67 bits per heavy atom. The zero-order valence-corrected chi connectivity index (χ0v) is 17.2. The number of rotatable bonds is 5. The molecule has 0 saturated carbocycles. The van der Waals surface area contributed by atoms with Crippen LogP contribution in [0.1, 0.15) is 11.3 Å². The molecule has 132 valence electrons. The lowest BCUT2D eigenvalue weighted by molar-refractivity contribution is 0.462. The molecular formula is C17H23ClFIN4. The maximum atomic E-state index is 13.6. The molecule has 0 aliphatic carbocycles. The van der Waals surface area contributed by atoms with Gasteiger partial charge in [0.05, 0.1) is 11.6 Å². The molecule has 1 N–H and O–H groups in total. The second kappa shape index (κ2) is 9.88. The Hall–Kier alpha value is -1.28. The van der Waals surface area contributed by atoms with Crippen LogP contribution in [-0.2, 0) is 20.0 Å². The van der Waals surface area contributed by atoms with Crippen molar-refractivity contribution >= 4 is 41.5 Å². The number of nitrogens with zero attached hydrogens (tertiary/aromatic N) is 3. The largest absolute Gasteiger partial charge is 0.356 e. The summed E-state index contributed by atoms with van der Waals surface area (Å²) in [6, 6.07) is 8.76. The number of aromatic nitrogens is 1. The van der Waals surface area contributed by atoms with E-state index in [0.29, 0.717) is 25.1 Å². The van der Waals surface area contributed by atoms with Crippen LogP contribution in [0.15, 0.2) is 41.5 Å². The molecule has 0 fully saturated rings. The molecular weight excluding hydrogens is 442 g/mol. The number of guanidine groups is 1. The first kappa shape index (κ1) is 20.8. The highest BCUT2D eigenvalue weighted by atomic mass is 127. The third kappa shape index (κ3) is 5.66. The molecule has 0 atom stereocenters. The molecule has 2 rings (SSSR count). The average Bonchev–Trinajstić information content (AvgIpc) is 2.83. The maximum Gasteiger partial charge on any atom is 0.193 e. The van der Waals surface area contributed by atoms with E-state index in [1.54, 1.807) is 19.2 Å². The SMILES string of the molecule is CN=C(NCCc1ccccc1F)N(C)Cc1cc(Cl)cn1C.I. The number of benzene rings is 1. The molecule has 0 saturated heterocycles. The standard InChI is InChI=1S/C17H22ClFN4.HI/c1-20-17(21-9-8-13-6-4-5-7-16(13)19)23(3)12-15-10-14(18)11-22(15)2;/h4-7,10-11H,8-9,12H2,1-3H3,(H,20,21);1H. The van der Waals surface area contributed by atoms with Gasteiger partial charge in [0, 0.05) is 39.6 Å². The topological polar surface area (TPSA) is 32.6 Å². The lowest BCUT2D eigenvalue weighted by Crippen LogP contribution is -2.39. The van der Waals surface area contributed by atoms with Crippen LogP contribution in [0, 0.1) is 5.82 Å². The van der Waals surface area contributed by atoms with Gasteiger partial charge >= 0.3 is 0 Å². The van der Waals surface area contributed by atoms with E-state index in [0.717, 1.165) is 16.7 Å². The Bertz CT molecular complexity index is 687. The molecule has 0 aliphatic heterocycles. The molecule has 4 nitrogen and oxygen atoms in total. The van der Waals surface area contributed by atoms with Crippen molar-refractivity contribution in [1.29, 1.82) is 0 Å². The summed E-state index contributed by atoms with van der Waals surface area (Å²) in [6.45, 7) is 1.30. The van der Waals surface area contributed by atoms with Crippen LogP contribution in [0.2, 0.25) is 5.02 Å². The second-order valence-corrected chi connectivity index (χ2v) is 5.87. The van der Waals surface area contributed by atoms with Crippen LogP contribution in [0.4, 0.5) is 4.39 Å². The third-order valence-electron chi connectivity index (χ3n) is 3.68. The number of aryl methyl sites for hydroxylation is 1. The Balaban J connectivity index is 0.00000288. The van der Waals surface area contributed by atoms with Crippen LogP contribution < -0.4 is 5.32 Å². The van der Waals surface area contributed by atoms with Crippen LogP contribution in [0.5, 0.6) is 0 Å². The van der Waals surface area contributed by atoms with E-state index in [9.17, 15) is 4.39 Å². The van der Waals surface area contributed by atoms with Gasteiger partial charge in [0.1, 0.15) is 5.82 Å². The van der Waals surface area contributed by atoms with Crippen LogP contribution in [0.25, 0.3) is 0 Å². The van der Waals surface area contributed by atoms with Gasteiger partial charge in [0.2, 0.25) is 0 Å². The number of nitrogens with one attached hydrogen (secondary N) is 1. The summed E-state index contributed by atoms with van der Waals surface area (Å²) in [6.07, 6.45) is 2.48. The van der Waals surface area contributed by atoms with Gasteiger partial charge < -0.3 is 14.8 Å². The van der Waals surface area contributed by atoms with Gasteiger partial charge in [-0.15, -0.1) is 24.0 Å². The van der Waals surface area contributed by atoms with E-state index < -0.39 is 0 Å². The number of hydrogen-bond acceptors (Lipinski definition) is 1. The molecule has 24 heavy (non-hydrogen) atoms. The molecule has 1 aromatic carbocycles. The molecule has 7 heteroatoms. The highest BCUT2D eigenvalue weighted by Crippen LogP contribution is 2.14. The summed E-state index contributed by atoms with van der Waals surface area (Å²) >= 11 is 6.01. The predicted octanol–water partition coefficient (Wildman–Crippen LogP) is 3.69. The Labute approximate surface area is 164 Å². The number of halogens is 3. The first-order valence-corrected chi connectivity index (χ1v) is 7.85. The van der Waals surface area contributed by atoms with Crippen LogP contribution in [-0.4, -0.2) is 36.1 Å². The van der Waals surface area contributed by atoms with Gasteiger partial charge in [-0.3, -0.25) is 4.99 Å². The molecule has 1 aromatic heterocycles. The van der Waals surface area contributed by atoms with Gasteiger partial charge in [-0.2, -0.15) is 0 Å². The van der Waals surface area contributed by atoms with Crippen LogP contribution >= 0.6 is 35.6 Å². The minimum absolute atomic E-state index is 0. The van der Waals surface area contributed by atoms with Crippen molar-refractivity contribution in [3.63, 3.8) is 0 Å². The van der Waals surface area contributed by atoms with E-state index in [-0.39, 0.29) is 29.8 Å². The smallest absolute Gasteiger partial charge is 0.193 e. The minimum Gasteiger partial charge on any atom is -0.356 e. The van der Waals surface area contributed by atoms with Gasteiger partial charge in [0.15, 0.2) is 5.96 Å².